The quantitative estimate of drug-likeness (QED) is 0.637. The van der Waals surface area contributed by atoms with E-state index in [9.17, 15) is 9.59 Å². The second-order valence-electron chi connectivity index (χ2n) is 3.58. The third-order valence-electron chi connectivity index (χ3n) is 2.36. The Labute approximate surface area is 96.6 Å². The second kappa shape index (κ2) is 3.93. The van der Waals surface area contributed by atoms with Crippen LogP contribution in [-0.4, -0.2) is 17.0 Å². The fourth-order valence-electron chi connectivity index (χ4n) is 1.71. The zero-order chi connectivity index (χ0) is 12.6. The molecule has 0 unspecified atom stereocenters. The largest absolute Gasteiger partial charge is 0.475 e. The first-order valence-electron chi connectivity index (χ1n) is 4.94. The first kappa shape index (κ1) is 11.2. The molecule has 2 rings (SSSR count). The Hall–Kier alpha value is -2.30. The molecular formula is C12H10O5. The average molecular weight is 234 g/mol. The fourth-order valence-corrected chi connectivity index (χ4v) is 1.71. The zero-order valence-corrected chi connectivity index (χ0v) is 9.31. The van der Waals surface area contributed by atoms with Gasteiger partial charge in [0.1, 0.15) is 11.3 Å². The molecule has 5 nitrogen and oxygen atoms in total. The van der Waals surface area contributed by atoms with Gasteiger partial charge >= 0.3 is 11.9 Å². The zero-order valence-electron chi connectivity index (χ0n) is 9.31. The number of carboxylic acid groups (broad SMARTS) is 1. The van der Waals surface area contributed by atoms with Crippen molar-refractivity contribution in [1.82, 2.24) is 0 Å². The lowest BCUT2D eigenvalue weighted by atomic mass is 10.1. The van der Waals surface area contributed by atoms with Gasteiger partial charge in [0.25, 0.3) is 0 Å². The van der Waals surface area contributed by atoms with Gasteiger partial charge in [0.05, 0.1) is 5.39 Å². The molecule has 0 fully saturated rings. The highest BCUT2D eigenvalue weighted by atomic mass is 16.5. The van der Waals surface area contributed by atoms with E-state index < -0.39 is 11.9 Å². The van der Waals surface area contributed by atoms with Crippen LogP contribution in [0, 0.1) is 6.92 Å². The Morgan fingerprint density at radius 2 is 2.06 bits per heavy atom. The minimum atomic E-state index is -1.15. The van der Waals surface area contributed by atoms with Crippen molar-refractivity contribution in [2.24, 2.45) is 0 Å². The standard InChI is InChI=1S/C12H10O5/c1-6-10-8(16-7(2)13)4-3-5-9(10)17-11(6)12(14)15/h3-5H,1-2H3,(H,14,15). The highest BCUT2D eigenvalue weighted by Gasteiger charge is 2.19. The summed E-state index contributed by atoms with van der Waals surface area (Å²) in [6, 6.07) is 4.86. The van der Waals surface area contributed by atoms with E-state index in [1.165, 1.54) is 6.92 Å². The third kappa shape index (κ3) is 1.87. The average Bonchev–Trinajstić information content (AvgIpc) is 2.56. The van der Waals surface area contributed by atoms with Crippen molar-refractivity contribution in [2.75, 3.05) is 0 Å². The lowest BCUT2D eigenvalue weighted by Crippen LogP contribution is -2.02. The third-order valence-corrected chi connectivity index (χ3v) is 2.36. The van der Waals surface area contributed by atoms with Gasteiger partial charge in [-0.15, -0.1) is 0 Å². The molecular weight excluding hydrogens is 224 g/mol. The number of carboxylic acids is 1. The van der Waals surface area contributed by atoms with Crippen molar-refractivity contribution in [3.63, 3.8) is 0 Å². The number of benzene rings is 1. The Morgan fingerprint density at radius 3 is 2.65 bits per heavy atom. The van der Waals surface area contributed by atoms with Crippen molar-refractivity contribution in [3.05, 3.63) is 29.5 Å². The summed E-state index contributed by atoms with van der Waals surface area (Å²) >= 11 is 0. The van der Waals surface area contributed by atoms with E-state index in [1.807, 2.05) is 0 Å². The predicted molar refractivity (Wildman–Crippen MR) is 59.2 cm³/mol. The van der Waals surface area contributed by atoms with Gasteiger partial charge in [0, 0.05) is 12.5 Å². The molecule has 0 bridgehead atoms. The summed E-state index contributed by atoms with van der Waals surface area (Å²) in [5.41, 5.74) is 0.836. The molecule has 0 saturated carbocycles. The first-order valence-corrected chi connectivity index (χ1v) is 4.94. The molecule has 5 heteroatoms. The Morgan fingerprint density at radius 1 is 1.35 bits per heavy atom. The lowest BCUT2D eigenvalue weighted by molar-refractivity contribution is -0.131. The summed E-state index contributed by atoms with van der Waals surface area (Å²) in [6.45, 7) is 2.90. The van der Waals surface area contributed by atoms with E-state index in [0.717, 1.165) is 0 Å². The maximum Gasteiger partial charge on any atom is 0.372 e. The molecule has 0 spiro atoms. The molecule has 0 aliphatic rings. The summed E-state index contributed by atoms with van der Waals surface area (Å²) < 4.78 is 10.2. The Bertz CT molecular complexity index is 609. The number of furan rings is 1. The number of aromatic carboxylic acids is 1. The molecule has 2 aromatic rings. The summed E-state index contributed by atoms with van der Waals surface area (Å²) in [5, 5.41) is 9.45. The molecule has 88 valence electrons. The fraction of sp³-hybridized carbons (Fsp3) is 0.167. The van der Waals surface area contributed by atoms with Crippen molar-refractivity contribution >= 4 is 22.9 Å². The van der Waals surface area contributed by atoms with Gasteiger partial charge in [0.15, 0.2) is 0 Å². The summed E-state index contributed by atoms with van der Waals surface area (Å²) in [6.07, 6.45) is 0. The molecule has 1 aromatic carbocycles. The highest BCUT2D eigenvalue weighted by Crippen LogP contribution is 2.33. The first-order chi connectivity index (χ1) is 8.00. The molecule has 17 heavy (non-hydrogen) atoms. The molecule has 0 saturated heterocycles. The van der Waals surface area contributed by atoms with Crippen LogP contribution in [0.1, 0.15) is 23.0 Å². The van der Waals surface area contributed by atoms with Crippen LogP contribution < -0.4 is 4.74 Å². The van der Waals surface area contributed by atoms with Gasteiger partial charge in [-0.2, -0.15) is 0 Å². The molecule has 0 amide bonds. The number of ether oxygens (including phenoxy) is 1. The van der Waals surface area contributed by atoms with Crippen LogP contribution in [0.3, 0.4) is 0 Å². The molecule has 1 aromatic heterocycles. The van der Waals surface area contributed by atoms with E-state index in [1.54, 1.807) is 25.1 Å². The number of carbonyl (C=O) groups excluding carboxylic acids is 1. The van der Waals surface area contributed by atoms with Gasteiger partial charge in [-0.3, -0.25) is 4.79 Å². The highest BCUT2D eigenvalue weighted by molar-refractivity contribution is 5.98. The molecule has 0 radical (unpaired) electrons. The molecule has 1 heterocycles. The Kier molecular flexibility index (Phi) is 2.59. The normalized spacial score (nSPS) is 10.5. The van der Waals surface area contributed by atoms with E-state index in [4.69, 9.17) is 14.3 Å². The molecule has 0 atom stereocenters. The van der Waals surface area contributed by atoms with Crippen molar-refractivity contribution in [1.29, 1.82) is 0 Å². The van der Waals surface area contributed by atoms with Crippen molar-refractivity contribution in [2.45, 2.75) is 13.8 Å². The summed E-state index contributed by atoms with van der Waals surface area (Å²) in [5.74, 6) is -1.44. The Balaban J connectivity index is 2.70. The van der Waals surface area contributed by atoms with Gasteiger partial charge in [0.2, 0.25) is 5.76 Å². The topological polar surface area (TPSA) is 76.7 Å². The maximum atomic E-state index is 10.9. The van der Waals surface area contributed by atoms with Gasteiger partial charge in [-0.05, 0) is 19.1 Å². The minimum absolute atomic E-state index is 0.139. The van der Waals surface area contributed by atoms with Crippen LogP contribution in [0.2, 0.25) is 0 Å². The number of rotatable bonds is 2. The van der Waals surface area contributed by atoms with Crippen LogP contribution in [0.25, 0.3) is 11.0 Å². The number of aryl methyl sites for hydroxylation is 1. The van der Waals surface area contributed by atoms with Crippen LogP contribution >= 0.6 is 0 Å². The molecule has 1 N–H and O–H groups in total. The van der Waals surface area contributed by atoms with E-state index in [2.05, 4.69) is 0 Å². The van der Waals surface area contributed by atoms with Crippen LogP contribution in [0.15, 0.2) is 22.6 Å². The predicted octanol–water partition coefficient (Wildman–Crippen LogP) is 2.36. The van der Waals surface area contributed by atoms with E-state index in [-0.39, 0.29) is 5.76 Å². The van der Waals surface area contributed by atoms with Gasteiger partial charge in [-0.1, -0.05) is 6.07 Å². The SMILES string of the molecule is CC(=O)Oc1cccc2oc(C(=O)O)c(C)c12. The van der Waals surface area contributed by atoms with Gasteiger partial charge < -0.3 is 14.3 Å². The van der Waals surface area contributed by atoms with Crippen LogP contribution in [-0.2, 0) is 4.79 Å². The van der Waals surface area contributed by atoms with Crippen molar-refractivity contribution in [3.8, 4) is 5.75 Å². The second-order valence-corrected chi connectivity index (χ2v) is 3.58. The molecule has 0 aliphatic carbocycles. The van der Waals surface area contributed by atoms with Crippen LogP contribution in [0.5, 0.6) is 5.75 Å². The number of hydrogen-bond donors (Lipinski definition) is 1. The summed E-state index contributed by atoms with van der Waals surface area (Å²) in [4.78, 5) is 21.9. The van der Waals surface area contributed by atoms with E-state index >= 15 is 0 Å². The van der Waals surface area contributed by atoms with Crippen LogP contribution in [0.4, 0.5) is 0 Å². The smallest absolute Gasteiger partial charge is 0.372 e. The number of carbonyl (C=O) groups is 2. The van der Waals surface area contributed by atoms with Gasteiger partial charge in [-0.25, -0.2) is 4.79 Å². The van der Waals surface area contributed by atoms with Crippen molar-refractivity contribution < 1.29 is 23.8 Å². The maximum absolute atomic E-state index is 10.9. The monoisotopic (exact) mass is 234 g/mol. The number of hydrogen-bond acceptors (Lipinski definition) is 4. The van der Waals surface area contributed by atoms with E-state index in [0.29, 0.717) is 22.3 Å². The lowest BCUT2D eigenvalue weighted by Gasteiger charge is -2.02. The molecule has 0 aliphatic heterocycles. The number of esters is 1. The number of fused-ring (bicyclic) bond motifs is 1. The minimum Gasteiger partial charge on any atom is -0.475 e. The summed E-state index contributed by atoms with van der Waals surface area (Å²) in [7, 11) is 0.